The van der Waals surface area contributed by atoms with Crippen molar-refractivity contribution in [2.75, 3.05) is 5.73 Å². The summed E-state index contributed by atoms with van der Waals surface area (Å²) in [5.41, 5.74) is 6.88. The summed E-state index contributed by atoms with van der Waals surface area (Å²) in [6, 6.07) is 4.71. The summed E-state index contributed by atoms with van der Waals surface area (Å²) in [6.07, 6.45) is 0.144. The fraction of sp³-hybridized carbons (Fsp3) is 0.182. The van der Waals surface area contributed by atoms with Gasteiger partial charge < -0.3 is 5.73 Å². The SMILES string of the molecule is Cc1cc(N)c(F)cc1C#CCC#N. The number of nitriles is 1. The Morgan fingerprint density at radius 3 is 2.86 bits per heavy atom. The molecule has 0 atom stereocenters. The van der Waals surface area contributed by atoms with E-state index in [1.165, 1.54) is 12.1 Å². The molecular weight excluding hydrogens is 179 g/mol. The van der Waals surface area contributed by atoms with Crippen LogP contribution in [0.1, 0.15) is 17.5 Å². The molecule has 0 aromatic heterocycles. The summed E-state index contributed by atoms with van der Waals surface area (Å²) >= 11 is 0. The lowest BCUT2D eigenvalue weighted by Crippen LogP contribution is -1.93. The van der Waals surface area contributed by atoms with Crippen LogP contribution < -0.4 is 5.73 Å². The second kappa shape index (κ2) is 4.30. The average molecular weight is 188 g/mol. The molecule has 0 aliphatic rings. The highest BCUT2D eigenvalue weighted by molar-refractivity contribution is 5.51. The zero-order valence-electron chi connectivity index (χ0n) is 7.76. The van der Waals surface area contributed by atoms with E-state index in [2.05, 4.69) is 11.8 Å². The molecule has 0 heterocycles. The normalized spacial score (nSPS) is 8.64. The maximum absolute atomic E-state index is 13.0. The minimum absolute atomic E-state index is 0.119. The Labute approximate surface area is 82.2 Å². The molecule has 14 heavy (non-hydrogen) atoms. The molecule has 1 aromatic rings. The molecule has 2 N–H and O–H groups in total. The summed E-state index contributed by atoms with van der Waals surface area (Å²) in [5, 5.41) is 8.27. The van der Waals surface area contributed by atoms with E-state index in [1.54, 1.807) is 6.92 Å². The third-order valence-corrected chi connectivity index (χ3v) is 1.73. The van der Waals surface area contributed by atoms with Gasteiger partial charge in [-0.25, -0.2) is 4.39 Å². The van der Waals surface area contributed by atoms with Gasteiger partial charge in [-0.15, -0.1) is 0 Å². The van der Waals surface area contributed by atoms with Gasteiger partial charge in [0.25, 0.3) is 0 Å². The van der Waals surface area contributed by atoms with Gasteiger partial charge in [0, 0.05) is 5.56 Å². The van der Waals surface area contributed by atoms with Crippen LogP contribution in [-0.4, -0.2) is 0 Å². The smallest absolute Gasteiger partial charge is 0.147 e. The van der Waals surface area contributed by atoms with Crippen LogP contribution in [-0.2, 0) is 0 Å². The van der Waals surface area contributed by atoms with Crippen molar-refractivity contribution in [3.05, 3.63) is 29.1 Å². The van der Waals surface area contributed by atoms with Gasteiger partial charge in [0.15, 0.2) is 0 Å². The Morgan fingerprint density at radius 2 is 2.21 bits per heavy atom. The summed E-state index contributed by atoms with van der Waals surface area (Å²) in [5.74, 6) is 4.86. The van der Waals surface area contributed by atoms with Crippen molar-refractivity contribution in [1.29, 1.82) is 5.26 Å². The third-order valence-electron chi connectivity index (χ3n) is 1.73. The van der Waals surface area contributed by atoms with Crippen LogP contribution >= 0.6 is 0 Å². The monoisotopic (exact) mass is 188 g/mol. The van der Waals surface area contributed by atoms with Crippen molar-refractivity contribution in [2.45, 2.75) is 13.3 Å². The zero-order chi connectivity index (χ0) is 10.6. The average Bonchev–Trinajstić information content (AvgIpc) is 2.14. The lowest BCUT2D eigenvalue weighted by molar-refractivity contribution is 0.631. The zero-order valence-corrected chi connectivity index (χ0v) is 7.76. The van der Waals surface area contributed by atoms with Crippen molar-refractivity contribution < 1.29 is 4.39 Å². The van der Waals surface area contributed by atoms with E-state index in [9.17, 15) is 4.39 Å². The second-order valence-corrected chi connectivity index (χ2v) is 2.83. The lowest BCUT2D eigenvalue weighted by atomic mass is 10.1. The first-order chi connectivity index (χ1) is 6.65. The highest BCUT2D eigenvalue weighted by Crippen LogP contribution is 2.15. The summed E-state index contributed by atoms with van der Waals surface area (Å²) in [7, 11) is 0. The number of anilines is 1. The van der Waals surface area contributed by atoms with Crippen molar-refractivity contribution in [1.82, 2.24) is 0 Å². The van der Waals surface area contributed by atoms with Crippen LogP contribution in [0.4, 0.5) is 10.1 Å². The van der Waals surface area contributed by atoms with E-state index in [1.807, 2.05) is 6.07 Å². The number of nitrogen functional groups attached to an aromatic ring is 1. The minimum atomic E-state index is -0.475. The number of hydrogen-bond acceptors (Lipinski definition) is 2. The first-order valence-electron chi connectivity index (χ1n) is 4.06. The number of nitrogens with two attached hydrogens (primary N) is 1. The number of halogens is 1. The van der Waals surface area contributed by atoms with E-state index in [4.69, 9.17) is 11.0 Å². The maximum atomic E-state index is 13.0. The third kappa shape index (κ3) is 2.24. The Balaban J connectivity index is 3.07. The van der Waals surface area contributed by atoms with E-state index < -0.39 is 5.82 Å². The molecule has 1 rings (SSSR count). The number of nitrogens with zero attached hydrogens (tertiary/aromatic N) is 1. The number of benzene rings is 1. The van der Waals surface area contributed by atoms with Gasteiger partial charge in [-0.1, -0.05) is 11.8 Å². The molecule has 0 aliphatic carbocycles. The largest absolute Gasteiger partial charge is 0.396 e. The molecule has 0 unspecified atom stereocenters. The predicted molar refractivity (Wildman–Crippen MR) is 52.7 cm³/mol. The fourth-order valence-electron chi connectivity index (χ4n) is 1.02. The Hall–Kier alpha value is -2.00. The molecular formula is C11H9FN2. The molecule has 0 aliphatic heterocycles. The van der Waals surface area contributed by atoms with Crippen LogP contribution in [0.25, 0.3) is 0 Å². The molecule has 2 nitrogen and oxygen atoms in total. The minimum Gasteiger partial charge on any atom is -0.396 e. The molecule has 0 saturated carbocycles. The Bertz CT molecular complexity index is 447. The second-order valence-electron chi connectivity index (χ2n) is 2.83. The summed E-state index contributed by atoms with van der Waals surface area (Å²) in [6.45, 7) is 1.80. The topological polar surface area (TPSA) is 49.8 Å². The molecule has 3 heteroatoms. The van der Waals surface area contributed by atoms with Crippen molar-refractivity contribution in [3.8, 4) is 17.9 Å². The molecule has 0 fully saturated rings. The lowest BCUT2D eigenvalue weighted by Gasteiger charge is -2.01. The number of hydrogen-bond donors (Lipinski definition) is 1. The van der Waals surface area contributed by atoms with Crippen LogP contribution in [0.5, 0.6) is 0 Å². The van der Waals surface area contributed by atoms with Crippen LogP contribution in [0, 0.1) is 35.9 Å². The van der Waals surface area contributed by atoms with E-state index in [0.29, 0.717) is 5.56 Å². The van der Waals surface area contributed by atoms with E-state index >= 15 is 0 Å². The van der Waals surface area contributed by atoms with Crippen molar-refractivity contribution in [2.24, 2.45) is 0 Å². The first-order valence-corrected chi connectivity index (χ1v) is 4.06. The number of aryl methyl sites for hydroxylation is 1. The van der Waals surface area contributed by atoms with Gasteiger partial charge in [0.05, 0.1) is 18.2 Å². The van der Waals surface area contributed by atoms with Crippen molar-refractivity contribution >= 4 is 5.69 Å². The van der Waals surface area contributed by atoms with Crippen LogP contribution in [0.2, 0.25) is 0 Å². The quantitative estimate of drug-likeness (QED) is 0.500. The molecule has 0 spiro atoms. The molecule has 1 aromatic carbocycles. The maximum Gasteiger partial charge on any atom is 0.147 e. The van der Waals surface area contributed by atoms with E-state index in [-0.39, 0.29) is 12.1 Å². The van der Waals surface area contributed by atoms with Crippen LogP contribution in [0.15, 0.2) is 12.1 Å². The first kappa shape index (κ1) is 10.1. The highest BCUT2D eigenvalue weighted by Gasteiger charge is 2.01. The number of rotatable bonds is 0. The molecule has 0 radical (unpaired) electrons. The van der Waals surface area contributed by atoms with Gasteiger partial charge in [0.1, 0.15) is 5.82 Å². The Morgan fingerprint density at radius 1 is 1.50 bits per heavy atom. The van der Waals surface area contributed by atoms with Gasteiger partial charge in [-0.3, -0.25) is 0 Å². The molecule has 70 valence electrons. The van der Waals surface area contributed by atoms with Crippen LogP contribution in [0.3, 0.4) is 0 Å². The summed E-state index contributed by atoms with van der Waals surface area (Å²) < 4.78 is 13.0. The van der Waals surface area contributed by atoms with E-state index in [0.717, 1.165) is 5.56 Å². The van der Waals surface area contributed by atoms with Gasteiger partial charge in [-0.2, -0.15) is 5.26 Å². The Kier molecular flexibility index (Phi) is 3.09. The standard InChI is InChI=1S/C11H9FN2/c1-8-6-11(14)10(12)7-9(8)4-2-3-5-13/h6-7H,3,14H2,1H3. The predicted octanol–water partition coefficient (Wildman–Crippen LogP) is 1.98. The highest BCUT2D eigenvalue weighted by atomic mass is 19.1. The van der Waals surface area contributed by atoms with Gasteiger partial charge >= 0.3 is 0 Å². The molecule has 0 bridgehead atoms. The molecule has 0 saturated heterocycles. The van der Waals surface area contributed by atoms with Gasteiger partial charge in [-0.05, 0) is 24.6 Å². The summed E-state index contributed by atoms with van der Waals surface area (Å²) in [4.78, 5) is 0. The van der Waals surface area contributed by atoms with Crippen molar-refractivity contribution in [3.63, 3.8) is 0 Å². The fourth-order valence-corrected chi connectivity index (χ4v) is 1.02. The van der Waals surface area contributed by atoms with Gasteiger partial charge in [0.2, 0.25) is 0 Å². The molecule has 0 amide bonds.